The quantitative estimate of drug-likeness (QED) is 0.430. The number of carbonyl (C=O) groups excluding carboxylic acids is 3. The zero-order valence-corrected chi connectivity index (χ0v) is 18.5. The number of amides is 4. The number of hydrogen-bond acceptors (Lipinski definition) is 6. The van der Waals surface area contributed by atoms with Crippen molar-refractivity contribution in [2.45, 2.75) is 25.4 Å². The number of rotatable bonds is 6. The molecule has 4 amide bonds. The van der Waals surface area contributed by atoms with Crippen LogP contribution in [0, 0.1) is 0 Å². The van der Waals surface area contributed by atoms with Gasteiger partial charge in [-0.1, -0.05) is 49.4 Å². The summed E-state index contributed by atoms with van der Waals surface area (Å²) in [5.41, 5.74) is 5.73. The molecule has 2 aromatic carbocycles. The Kier molecular flexibility index (Phi) is 5.14. The fourth-order valence-corrected chi connectivity index (χ4v) is 4.63. The lowest BCUT2D eigenvalue weighted by Gasteiger charge is -2.25. The van der Waals surface area contributed by atoms with E-state index in [9.17, 15) is 14.4 Å². The van der Waals surface area contributed by atoms with E-state index in [-0.39, 0.29) is 6.54 Å². The van der Waals surface area contributed by atoms with Crippen molar-refractivity contribution in [1.82, 2.24) is 30.3 Å². The molecule has 0 saturated carbocycles. The molecule has 0 spiro atoms. The van der Waals surface area contributed by atoms with Crippen LogP contribution in [-0.4, -0.2) is 37.4 Å². The summed E-state index contributed by atoms with van der Waals surface area (Å²) in [5.74, 6) is -0.514. The molecule has 0 bridgehead atoms. The molecule has 1 aliphatic rings. The molecular weight excluding hydrogens is 440 g/mol. The Morgan fingerprint density at radius 2 is 1.88 bits per heavy atom. The van der Waals surface area contributed by atoms with E-state index in [0.717, 1.165) is 16.0 Å². The average Bonchev–Trinajstić information content (AvgIpc) is 3.54. The van der Waals surface area contributed by atoms with E-state index in [4.69, 9.17) is 0 Å². The zero-order valence-electron chi connectivity index (χ0n) is 17.7. The molecule has 166 valence electrons. The van der Waals surface area contributed by atoms with E-state index in [1.165, 1.54) is 11.3 Å². The van der Waals surface area contributed by atoms with Gasteiger partial charge in [-0.25, -0.2) is 14.8 Å². The summed E-state index contributed by atoms with van der Waals surface area (Å²) in [6.07, 6.45) is 0.341. The van der Waals surface area contributed by atoms with Crippen LogP contribution in [0.1, 0.15) is 18.9 Å². The lowest BCUT2D eigenvalue weighted by Crippen LogP contribution is -2.49. The van der Waals surface area contributed by atoms with E-state index in [0.29, 0.717) is 23.5 Å². The zero-order chi connectivity index (χ0) is 23.0. The fraction of sp³-hybridized carbons (Fsp3) is 0.174. The first-order chi connectivity index (χ1) is 16.0. The second kappa shape index (κ2) is 8.14. The highest BCUT2D eigenvalue weighted by molar-refractivity contribution is 7.07. The van der Waals surface area contributed by atoms with E-state index in [2.05, 4.69) is 20.7 Å². The predicted molar refractivity (Wildman–Crippen MR) is 123 cm³/mol. The van der Waals surface area contributed by atoms with Crippen molar-refractivity contribution < 1.29 is 14.4 Å². The Bertz CT molecular complexity index is 1350. The molecule has 1 unspecified atom stereocenters. The summed E-state index contributed by atoms with van der Waals surface area (Å²) < 4.78 is 1.72. The first-order valence-electron chi connectivity index (χ1n) is 10.4. The van der Waals surface area contributed by atoms with Crippen LogP contribution in [0.2, 0.25) is 0 Å². The molecule has 3 heterocycles. The Hall–Kier alpha value is -4.05. The Morgan fingerprint density at radius 1 is 1.12 bits per heavy atom. The van der Waals surface area contributed by atoms with Gasteiger partial charge in [-0.15, -0.1) is 11.3 Å². The Morgan fingerprint density at radius 3 is 2.61 bits per heavy atom. The molecule has 1 aliphatic heterocycles. The third-order valence-electron chi connectivity index (χ3n) is 5.74. The largest absolute Gasteiger partial charge is 0.344 e. The van der Waals surface area contributed by atoms with Crippen LogP contribution < -0.4 is 10.7 Å². The maximum absolute atomic E-state index is 13.3. The number of nitrogens with one attached hydrogen (secondary N) is 2. The molecule has 10 heteroatoms. The van der Waals surface area contributed by atoms with Crippen molar-refractivity contribution in [3.8, 4) is 11.5 Å². The summed E-state index contributed by atoms with van der Waals surface area (Å²) in [6.45, 7) is 1.67. The maximum Gasteiger partial charge on any atom is 0.344 e. The number of fused-ring (bicyclic) bond motifs is 1. The number of imidazole rings is 1. The molecule has 5 rings (SSSR count). The Balaban J connectivity index is 1.42. The van der Waals surface area contributed by atoms with Gasteiger partial charge in [0.15, 0.2) is 5.82 Å². The number of para-hydroxylation sites is 2. The summed E-state index contributed by atoms with van der Waals surface area (Å²) >= 11 is 1.43. The summed E-state index contributed by atoms with van der Waals surface area (Å²) in [4.78, 5) is 47.9. The topological polar surface area (TPSA) is 109 Å². The molecule has 1 fully saturated rings. The summed E-state index contributed by atoms with van der Waals surface area (Å²) in [6, 6.07) is 15.8. The normalized spacial score (nSPS) is 18.0. The van der Waals surface area contributed by atoms with Crippen molar-refractivity contribution in [2.75, 3.05) is 0 Å². The number of benzene rings is 2. The second-order valence-corrected chi connectivity index (χ2v) is 8.33. The van der Waals surface area contributed by atoms with Gasteiger partial charge in [-0.05, 0) is 24.1 Å². The lowest BCUT2D eigenvalue weighted by atomic mass is 9.87. The summed E-state index contributed by atoms with van der Waals surface area (Å²) in [5, 5.41) is 5.37. The number of nitrogens with zero attached hydrogens (tertiary/aromatic N) is 4. The molecule has 2 aromatic heterocycles. The van der Waals surface area contributed by atoms with Crippen LogP contribution in [0.3, 0.4) is 0 Å². The van der Waals surface area contributed by atoms with Crippen molar-refractivity contribution in [2.24, 2.45) is 0 Å². The third kappa shape index (κ3) is 3.44. The van der Waals surface area contributed by atoms with Crippen molar-refractivity contribution in [3.05, 3.63) is 71.1 Å². The van der Waals surface area contributed by atoms with E-state index < -0.39 is 23.4 Å². The lowest BCUT2D eigenvalue weighted by molar-refractivity contribution is -0.139. The predicted octanol–water partition coefficient (Wildman–Crippen LogP) is 3.05. The number of thiazole rings is 1. The highest BCUT2D eigenvalue weighted by Gasteiger charge is 2.52. The molecule has 9 nitrogen and oxygen atoms in total. The number of aromatic nitrogens is 3. The van der Waals surface area contributed by atoms with Crippen LogP contribution >= 0.6 is 11.3 Å². The van der Waals surface area contributed by atoms with Crippen molar-refractivity contribution in [1.29, 1.82) is 0 Å². The van der Waals surface area contributed by atoms with E-state index >= 15 is 0 Å². The molecule has 0 aliphatic carbocycles. The van der Waals surface area contributed by atoms with Crippen LogP contribution in [0.15, 0.2) is 65.5 Å². The van der Waals surface area contributed by atoms with Crippen molar-refractivity contribution >= 4 is 40.2 Å². The highest BCUT2D eigenvalue weighted by Crippen LogP contribution is 2.31. The molecule has 1 atom stereocenters. The molecule has 1 saturated heterocycles. The number of imide groups is 1. The standard InChI is InChI=1S/C23H20N6O3S/c1-2-23(15-8-4-3-5-9-15)21(31)29(22(32)26-23)27-19(30)12-28-18-11-7-6-10-16(18)25-20(28)17-13-33-14-24-17/h3-11,13-14H,2,12H2,1H3,(H,26,32)(H,27,30). The van der Waals surface area contributed by atoms with Crippen LogP contribution in [0.4, 0.5) is 4.79 Å². The van der Waals surface area contributed by atoms with Crippen LogP contribution in [0.5, 0.6) is 0 Å². The first kappa shape index (κ1) is 20.8. The van der Waals surface area contributed by atoms with Gasteiger partial charge in [0.2, 0.25) is 0 Å². The van der Waals surface area contributed by atoms with Gasteiger partial charge in [0.05, 0.1) is 16.5 Å². The smallest absolute Gasteiger partial charge is 0.318 e. The molecule has 0 radical (unpaired) electrons. The molecular formula is C23H20N6O3S. The van der Waals surface area contributed by atoms with Crippen molar-refractivity contribution in [3.63, 3.8) is 0 Å². The molecule has 2 N–H and O–H groups in total. The van der Waals surface area contributed by atoms with Gasteiger partial charge in [-0.2, -0.15) is 5.01 Å². The van der Waals surface area contributed by atoms with Gasteiger partial charge >= 0.3 is 6.03 Å². The number of urea groups is 1. The van der Waals surface area contributed by atoms with Gasteiger partial charge in [0.1, 0.15) is 17.8 Å². The van der Waals surface area contributed by atoms with Gasteiger partial charge in [-0.3, -0.25) is 15.0 Å². The third-order valence-corrected chi connectivity index (χ3v) is 6.33. The van der Waals surface area contributed by atoms with E-state index in [1.807, 2.05) is 42.6 Å². The van der Waals surface area contributed by atoms with Gasteiger partial charge < -0.3 is 9.88 Å². The fourth-order valence-electron chi connectivity index (χ4n) is 4.10. The average molecular weight is 461 g/mol. The first-order valence-corrected chi connectivity index (χ1v) is 11.3. The van der Waals surface area contributed by atoms with Gasteiger partial charge in [0.25, 0.3) is 11.8 Å². The minimum atomic E-state index is -1.22. The van der Waals surface area contributed by atoms with Crippen LogP contribution in [0.25, 0.3) is 22.6 Å². The highest BCUT2D eigenvalue weighted by atomic mass is 32.1. The summed E-state index contributed by atoms with van der Waals surface area (Å²) in [7, 11) is 0. The second-order valence-electron chi connectivity index (χ2n) is 7.61. The number of hydrazine groups is 1. The SMILES string of the molecule is CCC1(c2ccccc2)NC(=O)N(NC(=O)Cn2c(-c3cscn3)nc3ccccc32)C1=O. The van der Waals surface area contributed by atoms with E-state index in [1.54, 1.807) is 34.3 Å². The molecule has 4 aromatic rings. The minimum absolute atomic E-state index is 0.144. The molecule has 33 heavy (non-hydrogen) atoms. The number of carbonyl (C=O) groups is 3. The minimum Gasteiger partial charge on any atom is -0.318 e. The van der Waals surface area contributed by atoms with Gasteiger partial charge in [0, 0.05) is 5.38 Å². The Labute approximate surface area is 193 Å². The van der Waals surface area contributed by atoms with Crippen LogP contribution in [-0.2, 0) is 21.7 Å². The number of hydrogen-bond donors (Lipinski definition) is 2. The monoisotopic (exact) mass is 460 g/mol. The maximum atomic E-state index is 13.3.